The number of benzene rings is 2. The highest BCUT2D eigenvalue weighted by molar-refractivity contribution is 5.83. The number of ether oxygens (including phenoxy) is 1. The summed E-state index contributed by atoms with van der Waals surface area (Å²) in [6, 6.07) is 14.4. The predicted molar refractivity (Wildman–Crippen MR) is 114 cm³/mol. The van der Waals surface area contributed by atoms with Crippen LogP contribution in [0.3, 0.4) is 0 Å². The minimum absolute atomic E-state index is 0.0183. The fourth-order valence-electron chi connectivity index (χ4n) is 4.09. The van der Waals surface area contributed by atoms with Gasteiger partial charge in [0.25, 0.3) is 0 Å². The molecule has 2 aromatic rings. The van der Waals surface area contributed by atoms with Crippen molar-refractivity contribution in [1.82, 2.24) is 4.90 Å². The highest BCUT2D eigenvalue weighted by Crippen LogP contribution is 2.34. The number of carbonyl (C=O) groups excluding carboxylic acids is 1. The van der Waals surface area contributed by atoms with Gasteiger partial charge in [-0.3, -0.25) is 4.79 Å². The van der Waals surface area contributed by atoms with Crippen molar-refractivity contribution < 1.29 is 19.4 Å². The lowest BCUT2D eigenvalue weighted by Crippen LogP contribution is -2.41. The Morgan fingerprint density at radius 3 is 2.38 bits per heavy atom. The Morgan fingerprint density at radius 1 is 1.10 bits per heavy atom. The number of nitrogens with zero attached hydrogens (tertiary/aromatic N) is 1. The normalized spacial score (nSPS) is 16.6. The summed E-state index contributed by atoms with van der Waals surface area (Å²) >= 11 is 0. The van der Waals surface area contributed by atoms with Crippen LogP contribution < -0.4 is 0 Å². The molecule has 1 aliphatic heterocycles. The van der Waals surface area contributed by atoms with Gasteiger partial charge in [-0.05, 0) is 68.2 Å². The Hall–Kier alpha value is -2.56. The van der Waals surface area contributed by atoms with Crippen molar-refractivity contribution in [2.45, 2.75) is 58.0 Å². The van der Waals surface area contributed by atoms with E-state index in [4.69, 9.17) is 4.74 Å². The zero-order valence-corrected chi connectivity index (χ0v) is 17.6. The highest BCUT2D eigenvalue weighted by Gasteiger charge is 2.29. The van der Waals surface area contributed by atoms with Crippen LogP contribution in [-0.4, -0.2) is 40.8 Å². The molecule has 0 radical (unpaired) electrons. The Labute approximate surface area is 172 Å². The molecule has 1 atom stereocenters. The first kappa shape index (κ1) is 21.2. The Balaban J connectivity index is 1.65. The van der Waals surface area contributed by atoms with E-state index in [1.54, 1.807) is 4.90 Å². The standard InChI is InChI=1S/C24H31NO4/c1-24(2,3)29-23(28)25-12-10-17(11-13-25)14-21(16-22(26)27)20-9-8-18-6-4-5-7-19(18)15-20/h4-9,15,17,21H,10-14,16H2,1-3H3,(H,26,27)/t21-/m0/s1. The lowest BCUT2D eigenvalue weighted by molar-refractivity contribution is -0.137. The maximum absolute atomic E-state index is 12.3. The Morgan fingerprint density at radius 2 is 1.76 bits per heavy atom. The first-order valence-electron chi connectivity index (χ1n) is 10.4. The number of hydrogen-bond acceptors (Lipinski definition) is 3. The molecule has 3 rings (SSSR count). The maximum Gasteiger partial charge on any atom is 0.410 e. The van der Waals surface area contributed by atoms with E-state index in [1.807, 2.05) is 32.9 Å². The molecule has 1 aliphatic rings. The van der Waals surface area contributed by atoms with E-state index in [0.717, 1.165) is 35.6 Å². The summed E-state index contributed by atoms with van der Waals surface area (Å²) in [5.74, 6) is -0.381. The highest BCUT2D eigenvalue weighted by atomic mass is 16.6. The second-order valence-corrected chi connectivity index (χ2v) is 9.05. The molecule has 0 spiro atoms. The fourth-order valence-corrected chi connectivity index (χ4v) is 4.09. The van der Waals surface area contributed by atoms with Crippen molar-refractivity contribution in [3.63, 3.8) is 0 Å². The van der Waals surface area contributed by atoms with Gasteiger partial charge in [0, 0.05) is 13.1 Å². The van der Waals surface area contributed by atoms with E-state index in [1.165, 1.54) is 0 Å². The third-order valence-corrected chi connectivity index (χ3v) is 5.55. The van der Waals surface area contributed by atoms with Gasteiger partial charge < -0.3 is 14.7 Å². The number of aliphatic carboxylic acids is 1. The lowest BCUT2D eigenvalue weighted by atomic mass is 9.82. The van der Waals surface area contributed by atoms with E-state index < -0.39 is 11.6 Å². The summed E-state index contributed by atoms with van der Waals surface area (Å²) < 4.78 is 5.47. The van der Waals surface area contributed by atoms with Gasteiger partial charge in [0.15, 0.2) is 0 Å². The van der Waals surface area contributed by atoms with Gasteiger partial charge in [-0.1, -0.05) is 42.5 Å². The third kappa shape index (κ3) is 5.96. The zero-order chi connectivity index (χ0) is 21.0. The van der Waals surface area contributed by atoms with Crippen molar-refractivity contribution in [2.24, 2.45) is 5.92 Å². The summed E-state index contributed by atoms with van der Waals surface area (Å²) in [6.45, 7) is 6.95. The fraction of sp³-hybridized carbons (Fsp3) is 0.500. The van der Waals surface area contributed by atoms with Crippen molar-refractivity contribution in [3.8, 4) is 0 Å². The van der Waals surface area contributed by atoms with E-state index >= 15 is 0 Å². The molecule has 156 valence electrons. The van der Waals surface area contributed by atoms with Gasteiger partial charge >= 0.3 is 12.1 Å². The average molecular weight is 398 g/mol. The monoisotopic (exact) mass is 397 g/mol. The minimum Gasteiger partial charge on any atom is -0.481 e. The third-order valence-electron chi connectivity index (χ3n) is 5.55. The van der Waals surface area contributed by atoms with Crippen LogP contribution in [-0.2, 0) is 9.53 Å². The van der Waals surface area contributed by atoms with Crippen molar-refractivity contribution in [1.29, 1.82) is 0 Å². The van der Waals surface area contributed by atoms with Gasteiger partial charge in [-0.25, -0.2) is 4.79 Å². The van der Waals surface area contributed by atoms with Crippen molar-refractivity contribution >= 4 is 22.8 Å². The van der Waals surface area contributed by atoms with Gasteiger partial charge in [0.05, 0.1) is 6.42 Å². The SMILES string of the molecule is CC(C)(C)OC(=O)N1CCC(C[C@@H](CC(=O)O)c2ccc3ccccc3c2)CC1. The summed E-state index contributed by atoms with van der Waals surface area (Å²) in [7, 11) is 0. The topological polar surface area (TPSA) is 66.8 Å². The van der Waals surface area contributed by atoms with Crippen LogP contribution in [0.5, 0.6) is 0 Å². The number of carboxylic acids is 1. The lowest BCUT2D eigenvalue weighted by Gasteiger charge is -2.34. The number of carbonyl (C=O) groups is 2. The van der Waals surface area contributed by atoms with Crippen LogP contribution in [0.15, 0.2) is 42.5 Å². The molecular formula is C24H31NO4. The number of fused-ring (bicyclic) bond motifs is 1. The molecule has 5 nitrogen and oxygen atoms in total. The van der Waals surface area contributed by atoms with Gasteiger partial charge in [-0.15, -0.1) is 0 Å². The molecule has 1 saturated heterocycles. The minimum atomic E-state index is -0.769. The van der Waals surface area contributed by atoms with Gasteiger partial charge in [0.2, 0.25) is 0 Å². The van der Waals surface area contributed by atoms with E-state index in [-0.39, 0.29) is 18.4 Å². The average Bonchev–Trinajstić information content (AvgIpc) is 2.66. The Bertz CT molecular complexity index is 863. The summed E-state index contributed by atoms with van der Waals surface area (Å²) in [5, 5.41) is 11.7. The molecule has 5 heteroatoms. The number of likely N-dealkylation sites (tertiary alicyclic amines) is 1. The molecule has 1 amide bonds. The van der Waals surface area contributed by atoms with Crippen molar-refractivity contribution in [2.75, 3.05) is 13.1 Å². The van der Waals surface area contributed by atoms with E-state index in [2.05, 4.69) is 30.3 Å². The molecule has 29 heavy (non-hydrogen) atoms. The first-order valence-corrected chi connectivity index (χ1v) is 10.4. The molecule has 0 aliphatic carbocycles. The van der Waals surface area contributed by atoms with Crippen LogP contribution in [0.2, 0.25) is 0 Å². The first-order chi connectivity index (χ1) is 13.7. The second-order valence-electron chi connectivity index (χ2n) is 9.05. The molecule has 1 fully saturated rings. The molecule has 0 unspecified atom stereocenters. The number of amides is 1. The molecule has 0 aromatic heterocycles. The van der Waals surface area contributed by atoms with Crippen LogP contribution in [0.25, 0.3) is 10.8 Å². The molecule has 1 heterocycles. The smallest absolute Gasteiger partial charge is 0.410 e. The molecule has 0 saturated carbocycles. The number of rotatable bonds is 5. The van der Waals surface area contributed by atoms with E-state index in [9.17, 15) is 14.7 Å². The zero-order valence-electron chi connectivity index (χ0n) is 17.6. The maximum atomic E-state index is 12.3. The van der Waals surface area contributed by atoms with Gasteiger partial charge in [0.1, 0.15) is 5.60 Å². The van der Waals surface area contributed by atoms with Gasteiger partial charge in [-0.2, -0.15) is 0 Å². The van der Waals surface area contributed by atoms with Crippen LogP contribution in [0.4, 0.5) is 4.79 Å². The molecular weight excluding hydrogens is 366 g/mol. The summed E-state index contributed by atoms with van der Waals surface area (Å²) in [6.07, 6.45) is 2.45. The Kier molecular flexibility index (Phi) is 6.46. The second kappa shape index (κ2) is 8.85. The summed E-state index contributed by atoms with van der Waals surface area (Å²) in [4.78, 5) is 25.5. The summed E-state index contributed by atoms with van der Waals surface area (Å²) in [5.41, 5.74) is 0.594. The largest absolute Gasteiger partial charge is 0.481 e. The molecule has 2 aromatic carbocycles. The van der Waals surface area contributed by atoms with E-state index in [0.29, 0.717) is 19.0 Å². The van der Waals surface area contributed by atoms with Crippen LogP contribution in [0.1, 0.15) is 57.9 Å². The van der Waals surface area contributed by atoms with Crippen molar-refractivity contribution in [3.05, 3.63) is 48.0 Å². The molecule has 1 N–H and O–H groups in total. The number of piperidine rings is 1. The quantitative estimate of drug-likeness (QED) is 0.730. The van der Waals surface area contributed by atoms with Crippen LogP contribution in [0, 0.1) is 5.92 Å². The molecule has 0 bridgehead atoms. The predicted octanol–water partition coefficient (Wildman–Crippen LogP) is 5.44. The number of carboxylic acid groups (broad SMARTS) is 1. The number of hydrogen-bond donors (Lipinski definition) is 1. The van der Waals surface area contributed by atoms with Crippen LogP contribution >= 0.6 is 0 Å².